The highest BCUT2D eigenvalue weighted by Gasteiger charge is 2.22. The van der Waals surface area contributed by atoms with E-state index in [1.165, 1.54) is 0 Å². The molecule has 3 aromatic rings. The van der Waals surface area contributed by atoms with Gasteiger partial charge in [-0.2, -0.15) is 5.10 Å². The molecule has 29 heavy (non-hydrogen) atoms. The molecule has 0 bridgehead atoms. The first-order chi connectivity index (χ1) is 13.8. The van der Waals surface area contributed by atoms with Crippen LogP contribution in [0.2, 0.25) is 5.15 Å². The van der Waals surface area contributed by atoms with Crippen molar-refractivity contribution in [3.05, 3.63) is 81.6 Å². The quantitative estimate of drug-likeness (QED) is 0.613. The van der Waals surface area contributed by atoms with E-state index in [1.54, 1.807) is 11.6 Å². The molecule has 2 aromatic carbocycles. The molecule has 0 aliphatic carbocycles. The van der Waals surface area contributed by atoms with Crippen LogP contribution < -0.4 is 5.32 Å². The molecule has 0 saturated carbocycles. The molecule has 1 aromatic heterocycles. The van der Waals surface area contributed by atoms with Gasteiger partial charge >= 0.3 is 5.97 Å². The van der Waals surface area contributed by atoms with Gasteiger partial charge in [0, 0.05) is 5.69 Å². The molecule has 1 heterocycles. The van der Waals surface area contributed by atoms with Crippen molar-refractivity contribution >= 4 is 29.2 Å². The number of carbonyl (C=O) groups excluding carboxylic acids is 2. The highest BCUT2D eigenvalue weighted by atomic mass is 35.5. The minimum atomic E-state index is -0.678. The minimum Gasteiger partial charge on any atom is -0.452 e. The number of aromatic nitrogens is 2. The molecular formula is C22H22ClN3O3. The summed E-state index contributed by atoms with van der Waals surface area (Å²) in [5, 5.41) is 7.25. The summed E-state index contributed by atoms with van der Waals surface area (Å²) in [5.74, 6) is -1.10. The third-order valence-corrected chi connectivity index (χ3v) is 4.82. The fraction of sp³-hybridized carbons (Fsp3) is 0.227. The first-order valence-electron chi connectivity index (χ1n) is 9.16. The second kappa shape index (κ2) is 8.92. The first kappa shape index (κ1) is 20.6. The van der Waals surface area contributed by atoms with Gasteiger partial charge in [0.25, 0.3) is 5.91 Å². The summed E-state index contributed by atoms with van der Waals surface area (Å²) in [6, 6.07) is 15.3. The topological polar surface area (TPSA) is 73.2 Å². The Hall–Kier alpha value is -3.12. The number of amides is 1. The number of rotatable bonds is 6. The van der Waals surface area contributed by atoms with Crippen LogP contribution in [0.5, 0.6) is 0 Å². The SMILES string of the molecule is Cc1ccc(NC(=O)COC(=O)c2c(C)nn(Cc3ccccc3)c2Cl)c(C)c1. The van der Waals surface area contributed by atoms with Gasteiger partial charge in [-0.25, -0.2) is 9.48 Å². The highest BCUT2D eigenvalue weighted by Crippen LogP contribution is 2.22. The predicted octanol–water partition coefficient (Wildman–Crippen LogP) is 4.31. The van der Waals surface area contributed by atoms with E-state index in [1.807, 2.05) is 62.4 Å². The Labute approximate surface area is 174 Å². The fourth-order valence-corrected chi connectivity index (χ4v) is 3.30. The van der Waals surface area contributed by atoms with Gasteiger partial charge < -0.3 is 10.1 Å². The molecule has 1 amide bonds. The van der Waals surface area contributed by atoms with Crippen molar-refractivity contribution in [2.75, 3.05) is 11.9 Å². The van der Waals surface area contributed by atoms with Crippen LogP contribution >= 0.6 is 11.6 Å². The number of carbonyl (C=O) groups is 2. The summed E-state index contributed by atoms with van der Waals surface area (Å²) in [6.07, 6.45) is 0. The number of benzene rings is 2. The molecule has 150 valence electrons. The number of nitrogens with zero attached hydrogens (tertiary/aromatic N) is 2. The average molecular weight is 412 g/mol. The van der Waals surface area contributed by atoms with Crippen LogP contribution in [-0.2, 0) is 16.1 Å². The fourth-order valence-electron chi connectivity index (χ4n) is 2.99. The number of esters is 1. The predicted molar refractivity (Wildman–Crippen MR) is 112 cm³/mol. The molecule has 0 fully saturated rings. The van der Waals surface area contributed by atoms with Crippen LogP contribution in [0.25, 0.3) is 0 Å². The second-order valence-corrected chi connectivity index (χ2v) is 7.20. The number of hydrogen-bond acceptors (Lipinski definition) is 4. The molecule has 0 aliphatic heterocycles. The number of hydrogen-bond donors (Lipinski definition) is 1. The van der Waals surface area contributed by atoms with Gasteiger partial charge in [-0.15, -0.1) is 0 Å². The van der Waals surface area contributed by atoms with Crippen LogP contribution in [0.1, 0.15) is 32.7 Å². The van der Waals surface area contributed by atoms with Gasteiger partial charge in [-0.1, -0.05) is 59.6 Å². The third-order valence-electron chi connectivity index (χ3n) is 4.44. The lowest BCUT2D eigenvalue weighted by Crippen LogP contribution is -2.21. The smallest absolute Gasteiger partial charge is 0.343 e. The Morgan fingerprint density at radius 3 is 2.52 bits per heavy atom. The number of anilines is 1. The van der Waals surface area contributed by atoms with Crippen LogP contribution in [-0.4, -0.2) is 28.3 Å². The zero-order valence-electron chi connectivity index (χ0n) is 16.5. The average Bonchev–Trinajstić information content (AvgIpc) is 2.96. The van der Waals surface area contributed by atoms with Crippen LogP contribution in [0.3, 0.4) is 0 Å². The number of aryl methyl sites for hydroxylation is 3. The zero-order chi connectivity index (χ0) is 21.0. The van der Waals surface area contributed by atoms with Crippen molar-refractivity contribution < 1.29 is 14.3 Å². The summed E-state index contributed by atoms with van der Waals surface area (Å²) in [5.41, 5.74) is 4.34. The Bertz CT molecular complexity index is 1040. The monoisotopic (exact) mass is 411 g/mol. The Morgan fingerprint density at radius 1 is 1.10 bits per heavy atom. The molecule has 0 radical (unpaired) electrons. The maximum absolute atomic E-state index is 12.5. The van der Waals surface area contributed by atoms with E-state index < -0.39 is 18.5 Å². The van der Waals surface area contributed by atoms with Gasteiger partial charge in [-0.05, 0) is 38.0 Å². The van der Waals surface area contributed by atoms with Crippen molar-refractivity contribution in [3.63, 3.8) is 0 Å². The Kier molecular flexibility index (Phi) is 6.34. The standard InChI is InChI=1S/C22H22ClN3O3/c1-14-9-10-18(15(2)11-14)24-19(27)13-29-22(28)20-16(3)25-26(21(20)23)12-17-7-5-4-6-8-17/h4-11H,12-13H2,1-3H3,(H,24,27). The summed E-state index contributed by atoms with van der Waals surface area (Å²) in [4.78, 5) is 24.6. The largest absolute Gasteiger partial charge is 0.452 e. The molecule has 7 heteroatoms. The van der Waals surface area contributed by atoms with E-state index in [4.69, 9.17) is 16.3 Å². The van der Waals surface area contributed by atoms with Crippen molar-refractivity contribution in [1.29, 1.82) is 0 Å². The van der Waals surface area contributed by atoms with E-state index in [2.05, 4.69) is 10.4 Å². The normalized spacial score (nSPS) is 10.6. The lowest BCUT2D eigenvalue weighted by molar-refractivity contribution is -0.119. The van der Waals surface area contributed by atoms with E-state index in [-0.39, 0.29) is 10.7 Å². The molecule has 6 nitrogen and oxygen atoms in total. The maximum Gasteiger partial charge on any atom is 0.343 e. The summed E-state index contributed by atoms with van der Waals surface area (Å²) < 4.78 is 6.70. The lowest BCUT2D eigenvalue weighted by Gasteiger charge is -2.09. The molecular weight excluding hydrogens is 390 g/mol. The first-order valence-corrected chi connectivity index (χ1v) is 9.54. The summed E-state index contributed by atoms with van der Waals surface area (Å²) >= 11 is 6.35. The summed E-state index contributed by atoms with van der Waals surface area (Å²) in [6.45, 7) is 5.58. The van der Waals surface area contributed by atoms with Gasteiger partial charge in [0.15, 0.2) is 6.61 Å². The molecule has 0 unspecified atom stereocenters. The van der Waals surface area contributed by atoms with Crippen molar-refractivity contribution in [1.82, 2.24) is 9.78 Å². The molecule has 0 aliphatic rings. The van der Waals surface area contributed by atoms with Gasteiger partial charge in [0.1, 0.15) is 10.7 Å². The van der Waals surface area contributed by atoms with Gasteiger partial charge in [0.05, 0.1) is 12.2 Å². The molecule has 0 atom stereocenters. The molecule has 3 rings (SSSR count). The lowest BCUT2D eigenvalue weighted by atomic mass is 10.1. The maximum atomic E-state index is 12.5. The van der Waals surface area contributed by atoms with Gasteiger partial charge in [0.2, 0.25) is 0 Å². The number of ether oxygens (including phenoxy) is 1. The van der Waals surface area contributed by atoms with Gasteiger partial charge in [-0.3, -0.25) is 4.79 Å². The van der Waals surface area contributed by atoms with Crippen LogP contribution in [0, 0.1) is 20.8 Å². The van der Waals surface area contributed by atoms with Crippen molar-refractivity contribution in [2.45, 2.75) is 27.3 Å². The van der Waals surface area contributed by atoms with E-state index in [9.17, 15) is 9.59 Å². The van der Waals surface area contributed by atoms with Crippen molar-refractivity contribution in [3.8, 4) is 0 Å². The van der Waals surface area contributed by atoms with Crippen LogP contribution in [0.4, 0.5) is 5.69 Å². The van der Waals surface area contributed by atoms with E-state index in [0.717, 1.165) is 16.7 Å². The van der Waals surface area contributed by atoms with E-state index >= 15 is 0 Å². The van der Waals surface area contributed by atoms with Crippen LogP contribution in [0.15, 0.2) is 48.5 Å². The molecule has 0 spiro atoms. The van der Waals surface area contributed by atoms with Crippen molar-refractivity contribution in [2.24, 2.45) is 0 Å². The number of halogens is 1. The highest BCUT2D eigenvalue weighted by molar-refractivity contribution is 6.32. The summed E-state index contributed by atoms with van der Waals surface area (Å²) in [7, 11) is 0. The Balaban J connectivity index is 1.64. The Morgan fingerprint density at radius 2 is 1.83 bits per heavy atom. The zero-order valence-corrected chi connectivity index (χ0v) is 17.3. The molecule has 0 saturated heterocycles. The minimum absolute atomic E-state index is 0.168. The number of nitrogens with one attached hydrogen (secondary N) is 1. The third kappa shape index (κ3) is 5.03. The molecule has 1 N–H and O–H groups in total. The second-order valence-electron chi connectivity index (χ2n) is 6.84. The van der Waals surface area contributed by atoms with E-state index in [0.29, 0.717) is 17.9 Å².